The molecule has 1 amide bonds. The monoisotopic (exact) mass is 397 g/mol. The first kappa shape index (κ1) is 19.6. The molecule has 30 heavy (non-hydrogen) atoms. The molecule has 4 rings (SSSR count). The van der Waals surface area contributed by atoms with Gasteiger partial charge in [0.2, 0.25) is 5.91 Å². The van der Waals surface area contributed by atoms with E-state index in [4.69, 9.17) is 0 Å². The topological polar surface area (TPSA) is 55.2 Å². The number of carbonyl (C=O) groups is 1. The summed E-state index contributed by atoms with van der Waals surface area (Å²) in [6.07, 6.45) is 2.03. The summed E-state index contributed by atoms with van der Waals surface area (Å²) in [4.78, 5) is 31.7. The zero-order valence-electron chi connectivity index (χ0n) is 16.6. The minimum absolute atomic E-state index is 0.0104. The maximum Gasteiger partial charge on any atom is 0.269 e. The standard InChI is InChI=1S/C25H23N3O2/c29-24-17-26-22-13-7-8-14-23(22)28(24)19-25(30)27(18-21-11-5-2-6-12-21)16-15-20-9-3-1-4-10-20/h1-14,17H,15-16,18-19H2. The lowest BCUT2D eigenvalue weighted by molar-refractivity contribution is -0.132. The molecule has 150 valence electrons. The Hall–Kier alpha value is -3.73. The van der Waals surface area contributed by atoms with Gasteiger partial charge in [0.05, 0.1) is 17.2 Å². The Morgan fingerprint density at radius 3 is 2.20 bits per heavy atom. The zero-order chi connectivity index (χ0) is 20.8. The van der Waals surface area contributed by atoms with Crippen LogP contribution in [0.15, 0.2) is 95.9 Å². The van der Waals surface area contributed by atoms with Crippen LogP contribution in [0.5, 0.6) is 0 Å². The van der Waals surface area contributed by atoms with Gasteiger partial charge >= 0.3 is 0 Å². The molecule has 1 aromatic heterocycles. The predicted molar refractivity (Wildman–Crippen MR) is 118 cm³/mol. The van der Waals surface area contributed by atoms with E-state index in [0.29, 0.717) is 24.1 Å². The highest BCUT2D eigenvalue weighted by Crippen LogP contribution is 2.11. The minimum Gasteiger partial charge on any atom is -0.336 e. The second kappa shape index (κ2) is 9.18. The second-order valence-corrected chi connectivity index (χ2v) is 7.21. The van der Waals surface area contributed by atoms with Crippen LogP contribution in [0.25, 0.3) is 11.0 Å². The van der Waals surface area contributed by atoms with Gasteiger partial charge in [0.1, 0.15) is 6.54 Å². The summed E-state index contributed by atoms with van der Waals surface area (Å²) in [6.45, 7) is 1.07. The third kappa shape index (κ3) is 4.63. The average Bonchev–Trinajstić information content (AvgIpc) is 2.80. The van der Waals surface area contributed by atoms with Crippen molar-refractivity contribution in [2.75, 3.05) is 6.54 Å². The fourth-order valence-electron chi connectivity index (χ4n) is 3.52. The lowest BCUT2D eigenvalue weighted by Crippen LogP contribution is -2.37. The normalized spacial score (nSPS) is 10.8. The number of hydrogen-bond acceptors (Lipinski definition) is 3. The van der Waals surface area contributed by atoms with Gasteiger partial charge in [0.15, 0.2) is 0 Å². The molecule has 0 aliphatic carbocycles. The lowest BCUT2D eigenvalue weighted by atomic mass is 10.1. The third-order valence-corrected chi connectivity index (χ3v) is 5.13. The van der Waals surface area contributed by atoms with Gasteiger partial charge < -0.3 is 4.90 Å². The van der Waals surface area contributed by atoms with E-state index < -0.39 is 0 Å². The number of rotatable bonds is 7. The van der Waals surface area contributed by atoms with E-state index in [1.807, 2.05) is 77.7 Å². The molecule has 0 spiro atoms. The molecular formula is C25H23N3O2. The molecular weight excluding hydrogens is 374 g/mol. The van der Waals surface area contributed by atoms with Crippen LogP contribution >= 0.6 is 0 Å². The Bertz CT molecular complexity index is 1190. The molecule has 4 aromatic rings. The Labute approximate surface area is 175 Å². The van der Waals surface area contributed by atoms with Crippen molar-refractivity contribution in [3.8, 4) is 0 Å². The van der Waals surface area contributed by atoms with Crippen LogP contribution in [0.1, 0.15) is 11.1 Å². The van der Waals surface area contributed by atoms with Crippen molar-refractivity contribution in [3.05, 3.63) is 113 Å². The van der Waals surface area contributed by atoms with Crippen molar-refractivity contribution >= 4 is 16.9 Å². The van der Waals surface area contributed by atoms with E-state index in [9.17, 15) is 9.59 Å². The molecule has 0 radical (unpaired) electrons. The Kier molecular flexibility index (Phi) is 5.99. The highest BCUT2D eigenvalue weighted by atomic mass is 16.2. The minimum atomic E-state index is -0.273. The van der Waals surface area contributed by atoms with Gasteiger partial charge in [0, 0.05) is 13.1 Å². The van der Waals surface area contributed by atoms with Gasteiger partial charge in [-0.1, -0.05) is 72.8 Å². The van der Waals surface area contributed by atoms with Gasteiger partial charge in [-0.25, -0.2) is 4.98 Å². The average molecular weight is 397 g/mol. The molecule has 3 aromatic carbocycles. The molecule has 0 aliphatic heterocycles. The number of amides is 1. The van der Waals surface area contributed by atoms with Crippen molar-refractivity contribution in [3.63, 3.8) is 0 Å². The Morgan fingerprint density at radius 1 is 0.833 bits per heavy atom. The van der Waals surface area contributed by atoms with Crippen molar-refractivity contribution in [2.24, 2.45) is 0 Å². The van der Waals surface area contributed by atoms with Crippen molar-refractivity contribution in [1.29, 1.82) is 0 Å². The highest BCUT2D eigenvalue weighted by molar-refractivity contribution is 5.80. The number of benzene rings is 3. The molecule has 0 unspecified atom stereocenters. The van der Waals surface area contributed by atoms with E-state index in [1.165, 1.54) is 16.3 Å². The van der Waals surface area contributed by atoms with Gasteiger partial charge in [-0.15, -0.1) is 0 Å². The SMILES string of the molecule is O=C(Cn1c(=O)cnc2ccccc21)N(CCc1ccccc1)Cc1ccccc1. The first-order valence-corrected chi connectivity index (χ1v) is 10.0. The Balaban J connectivity index is 1.59. The van der Waals surface area contributed by atoms with E-state index in [0.717, 1.165) is 12.0 Å². The zero-order valence-corrected chi connectivity index (χ0v) is 16.6. The third-order valence-electron chi connectivity index (χ3n) is 5.13. The lowest BCUT2D eigenvalue weighted by Gasteiger charge is -2.24. The molecule has 5 nitrogen and oxygen atoms in total. The van der Waals surface area contributed by atoms with Crippen LogP contribution in [0, 0.1) is 0 Å². The smallest absolute Gasteiger partial charge is 0.269 e. The van der Waals surface area contributed by atoms with Crippen LogP contribution in [-0.2, 0) is 24.3 Å². The summed E-state index contributed by atoms with van der Waals surface area (Å²) in [5.74, 6) is -0.0896. The van der Waals surface area contributed by atoms with E-state index >= 15 is 0 Å². The maximum absolute atomic E-state index is 13.3. The van der Waals surface area contributed by atoms with Gasteiger partial charge in [-0.2, -0.15) is 0 Å². The van der Waals surface area contributed by atoms with E-state index in [1.54, 1.807) is 0 Å². The largest absolute Gasteiger partial charge is 0.336 e. The Morgan fingerprint density at radius 2 is 1.47 bits per heavy atom. The molecule has 0 atom stereocenters. The number of hydrogen-bond donors (Lipinski definition) is 0. The van der Waals surface area contributed by atoms with Crippen LogP contribution in [0.2, 0.25) is 0 Å². The van der Waals surface area contributed by atoms with Crippen LogP contribution < -0.4 is 5.56 Å². The van der Waals surface area contributed by atoms with Gasteiger partial charge in [-0.3, -0.25) is 14.2 Å². The van der Waals surface area contributed by atoms with Crippen molar-refractivity contribution in [2.45, 2.75) is 19.5 Å². The summed E-state index contributed by atoms with van der Waals surface area (Å²) in [5.41, 5.74) is 3.33. The van der Waals surface area contributed by atoms with E-state index in [-0.39, 0.29) is 18.0 Å². The summed E-state index contributed by atoms with van der Waals surface area (Å²) in [7, 11) is 0. The number of nitrogens with zero attached hydrogens (tertiary/aromatic N) is 3. The van der Waals surface area contributed by atoms with Gasteiger partial charge in [0.25, 0.3) is 5.56 Å². The quantitative estimate of drug-likeness (QED) is 0.478. The molecule has 0 saturated heterocycles. The van der Waals surface area contributed by atoms with Crippen LogP contribution in [0.3, 0.4) is 0 Å². The molecule has 0 N–H and O–H groups in total. The number of para-hydroxylation sites is 2. The molecule has 0 saturated carbocycles. The number of fused-ring (bicyclic) bond motifs is 1. The fourth-order valence-corrected chi connectivity index (χ4v) is 3.52. The van der Waals surface area contributed by atoms with Crippen molar-refractivity contribution in [1.82, 2.24) is 14.5 Å². The molecule has 0 bridgehead atoms. The predicted octanol–water partition coefficient (Wildman–Crippen LogP) is 3.67. The van der Waals surface area contributed by atoms with Gasteiger partial charge in [-0.05, 0) is 29.7 Å². The maximum atomic E-state index is 13.3. The summed E-state index contributed by atoms with van der Waals surface area (Å²) in [5, 5.41) is 0. The first-order chi connectivity index (χ1) is 14.7. The molecule has 0 fully saturated rings. The van der Waals surface area contributed by atoms with Crippen molar-refractivity contribution < 1.29 is 4.79 Å². The second-order valence-electron chi connectivity index (χ2n) is 7.21. The fraction of sp³-hybridized carbons (Fsp3) is 0.160. The first-order valence-electron chi connectivity index (χ1n) is 10.0. The highest BCUT2D eigenvalue weighted by Gasteiger charge is 2.17. The summed E-state index contributed by atoms with van der Waals surface area (Å²) < 4.78 is 1.51. The molecule has 1 heterocycles. The summed E-state index contributed by atoms with van der Waals surface area (Å²) in [6, 6.07) is 27.4. The summed E-state index contributed by atoms with van der Waals surface area (Å²) >= 11 is 0. The molecule has 5 heteroatoms. The molecule has 0 aliphatic rings. The number of carbonyl (C=O) groups excluding carboxylic acids is 1. The van der Waals surface area contributed by atoms with Crippen LogP contribution in [-0.4, -0.2) is 26.9 Å². The van der Waals surface area contributed by atoms with Crippen LogP contribution in [0.4, 0.5) is 0 Å². The number of aromatic nitrogens is 2. The van der Waals surface area contributed by atoms with E-state index in [2.05, 4.69) is 17.1 Å².